The van der Waals surface area contributed by atoms with Crippen molar-refractivity contribution in [2.45, 2.75) is 53.2 Å². The van der Waals surface area contributed by atoms with Crippen LogP contribution in [0.5, 0.6) is 0 Å². The number of aromatic nitrogens is 3. The Morgan fingerprint density at radius 1 is 0.528 bits per heavy atom. The van der Waals surface area contributed by atoms with Crippen LogP contribution in [0.25, 0.3) is 0 Å². The molecule has 0 saturated carbocycles. The average molecular weight is 490 g/mol. The van der Waals surface area contributed by atoms with Crippen LogP contribution in [0.2, 0.25) is 0 Å². The van der Waals surface area contributed by atoms with Crippen molar-refractivity contribution in [1.82, 2.24) is 35.8 Å². The van der Waals surface area contributed by atoms with Crippen molar-refractivity contribution in [3.8, 4) is 0 Å². The molecule has 3 rings (SSSR count). The number of pyridine rings is 3. The van der Waals surface area contributed by atoms with E-state index in [0.717, 1.165) is 99.5 Å². The van der Waals surface area contributed by atoms with E-state index in [1.807, 2.05) is 39.0 Å². The van der Waals surface area contributed by atoms with Crippen molar-refractivity contribution in [1.29, 1.82) is 0 Å². The molecule has 0 aliphatic rings. The van der Waals surface area contributed by atoms with Gasteiger partial charge in [0.25, 0.3) is 0 Å². The number of rotatable bonds is 17. The third kappa shape index (κ3) is 11.4. The van der Waals surface area contributed by atoms with Gasteiger partial charge in [-0.1, -0.05) is 18.2 Å². The second-order valence-corrected chi connectivity index (χ2v) is 9.39. The van der Waals surface area contributed by atoms with E-state index in [4.69, 9.17) is 0 Å². The first-order valence-corrected chi connectivity index (χ1v) is 13.2. The van der Waals surface area contributed by atoms with Crippen molar-refractivity contribution in [2.75, 3.05) is 39.3 Å². The highest BCUT2D eigenvalue weighted by molar-refractivity contribution is 5.11. The first-order chi connectivity index (χ1) is 17.6. The fourth-order valence-corrected chi connectivity index (χ4v) is 4.14. The second kappa shape index (κ2) is 16.1. The Labute approximate surface area is 217 Å². The molecule has 0 amide bonds. The highest BCUT2D eigenvalue weighted by atomic mass is 15.1. The van der Waals surface area contributed by atoms with Crippen LogP contribution in [0.15, 0.2) is 54.6 Å². The van der Waals surface area contributed by atoms with Crippen LogP contribution in [-0.2, 0) is 19.6 Å². The summed E-state index contributed by atoms with van der Waals surface area (Å²) in [7, 11) is 0. The molecule has 3 N–H and O–H groups in total. The monoisotopic (exact) mass is 489 g/mol. The smallest absolute Gasteiger partial charge is 0.0544 e. The van der Waals surface area contributed by atoms with Gasteiger partial charge in [-0.3, -0.25) is 15.0 Å². The fraction of sp³-hybridized carbons (Fsp3) is 0.483. The lowest BCUT2D eigenvalue weighted by atomic mass is 10.2. The normalized spacial score (nSPS) is 11.3. The van der Waals surface area contributed by atoms with E-state index < -0.39 is 0 Å². The fourth-order valence-electron chi connectivity index (χ4n) is 4.14. The van der Waals surface area contributed by atoms with E-state index in [-0.39, 0.29) is 0 Å². The molecule has 0 aromatic carbocycles. The van der Waals surface area contributed by atoms with E-state index in [9.17, 15) is 0 Å². The SMILES string of the molecule is Cc1cccc(CNCCCCN(CCNCc2cccc(C)n2)CCNCc2cccc(C)n2)n1. The van der Waals surface area contributed by atoms with E-state index >= 15 is 0 Å². The molecule has 0 radical (unpaired) electrons. The third-order valence-electron chi connectivity index (χ3n) is 6.04. The Morgan fingerprint density at radius 3 is 1.36 bits per heavy atom. The summed E-state index contributed by atoms with van der Waals surface area (Å²) in [6.07, 6.45) is 2.33. The number of nitrogens with zero attached hydrogens (tertiary/aromatic N) is 4. The molecular formula is C29H43N7. The zero-order chi connectivity index (χ0) is 25.4. The molecule has 0 aliphatic carbocycles. The molecule has 0 fully saturated rings. The molecule has 0 saturated heterocycles. The van der Waals surface area contributed by atoms with Crippen LogP contribution in [-0.4, -0.2) is 59.1 Å². The maximum Gasteiger partial charge on any atom is 0.0544 e. The molecule has 0 atom stereocenters. The van der Waals surface area contributed by atoms with Crippen LogP contribution in [0.3, 0.4) is 0 Å². The summed E-state index contributed by atoms with van der Waals surface area (Å²) in [5, 5.41) is 10.7. The van der Waals surface area contributed by atoms with Gasteiger partial charge in [-0.2, -0.15) is 0 Å². The summed E-state index contributed by atoms with van der Waals surface area (Å²) in [5.41, 5.74) is 6.52. The highest BCUT2D eigenvalue weighted by Gasteiger charge is 2.06. The van der Waals surface area contributed by atoms with Gasteiger partial charge in [0.1, 0.15) is 0 Å². The van der Waals surface area contributed by atoms with E-state index in [1.165, 1.54) is 6.42 Å². The summed E-state index contributed by atoms with van der Waals surface area (Å²) in [6.45, 7) is 14.6. The van der Waals surface area contributed by atoms with Gasteiger partial charge in [-0.05, 0) is 83.1 Å². The van der Waals surface area contributed by atoms with Crippen molar-refractivity contribution in [2.24, 2.45) is 0 Å². The molecule has 3 aromatic heterocycles. The van der Waals surface area contributed by atoms with Gasteiger partial charge in [-0.15, -0.1) is 0 Å². The molecule has 3 heterocycles. The third-order valence-corrected chi connectivity index (χ3v) is 6.04. The Kier molecular flexibility index (Phi) is 12.5. The number of hydrogen-bond donors (Lipinski definition) is 3. The molecule has 7 nitrogen and oxygen atoms in total. The number of unbranched alkanes of at least 4 members (excludes halogenated alkanes) is 1. The maximum absolute atomic E-state index is 4.59. The lowest BCUT2D eigenvalue weighted by Gasteiger charge is -2.23. The Hall–Kier alpha value is -2.71. The van der Waals surface area contributed by atoms with E-state index in [1.54, 1.807) is 0 Å². The molecule has 194 valence electrons. The summed E-state index contributed by atoms with van der Waals surface area (Å²) >= 11 is 0. The van der Waals surface area contributed by atoms with Gasteiger partial charge in [0.2, 0.25) is 0 Å². The van der Waals surface area contributed by atoms with Gasteiger partial charge >= 0.3 is 0 Å². The lowest BCUT2D eigenvalue weighted by Crippen LogP contribution is -2.37. The standard InChI is InChI=1S/C29H43N7/c1-24-9-6-12-27(33-24)21-30-15-4-5-18-36(19-16-31-22-28-13-7-10-25(2)34-28)20-17-32-23-29-14-8-11-26(3)35-29/h6-14,30-32H,4-5,15-23H2,1-3H3. The van der Waals surface area contributed by atoms with E-state index in [2.05, 4.69) is 72.2 Å². The lowest BCUT2D eigenvalue weighted by molar-refractivity contribution is 0.266. The zero-order valence-corrected chi connectivity index (χ0v) is 22.3. The molecule has 0 spiro atoms. The Bertz CT molecular complexity index is 970. The number of aryl methyl sites for hydroxylation is 3. The van der Waals surface area contributed by atoms with Crippen LogP contribution in [0.1, 0.15) is 47.0 Å². The van der Waals surface area contributed by atoms with Crippen LogP contribution in [0, 0.1) is 20.8 Å². The Morgan fingerprint density at radius 2 is 0.944 bits per heavy atom. The molecular weight excluding hydrogens is 446 g/mol. The van der Waals surface area contributed by atoms with Gasteiger partial charge < -0.3 is 20.9 Å². The van der Waals surface area contributed by atoms with Gasteiger partial charge in [-0.25, -0.2) is 0 Å². The number of nitrogens with one attached hydrogen (secondary N) is 3. The Balaban J connectivity index is 1.35. The first kappa shape index (κ1) is 27.9. The minimum absolute atomic E-state index is 0.809. The quantitative estimate of drug-likeness (QED) is 0.250. The van der Waals surface area contributed by atoms with Crippen LogP contribution < -0.4 is 16.0 Å². The first-order valence-electron chi connectivity index (χ1n) is 13.2. The summed E-state index contributed by atoms with van der Waals surface area (Å²) in [4.78, 5) is 16.3. The van der Waals surface area contributed by atoms with Gasteiger partial charge in [0, 0.05) is 62.9 Å². The molecule has 3 aromatic rings. The van der Waals surface area contributed by atoms with Crippen LogP contribution >= 0.6 is 0 Å². The predicted molar refractivity (Wildman–Crippen MR) is 148 cm³/mol. The molecule has 0 unspecified atom stereocenters. The summed E-state index contributed by atoms with van der Waals surface area (Å²) in [6, 6.07) is 18.6. The average Bonchev–Trinajstić information content (AvgIpc) is 2.86. The number of hydrogen-bond acceptors (Lipinski definition) is 7. The second-order valence-electron chi connectivity index (χ2n) is 9.39. The topological polar surface area (TPSA) is 78.0 Å². The maximum atomic E-state index is 4.59. The van der Waals surface area contributed by atoms with Crippen molar-refractivity contribution >= 4 is 0 Å². The molecule has 0 aliphatic heterocycles. The van der Waals surface area contributed by atoms with Crippen molar-refractivity contribution in [3.05, 3.63) is 88.8 Å². The van der Waals surface area contributed by atoms with Crippen LogP contribution in [0.4, 0.5) is 0 Å². The van der Waals surface area contributed by atoms with Crippen molar-refractivity contribution in [3.63, 3.8) is 0 Å². The van der Waals surface area contributed by atoms with E-state index in [0.29, 0.717) is 0 Å². The zero-order valence-electron chi connectivity index (χ0n) is 22.3. The molecule has 36 heavy (non-hydrogen) atoms. The largest absolute Gasteiger partial charge is 0.311 e. The molecule has 0 bridgehead atoms. The molecule has 7 heteroatoms. The minimum Gasteiger partial charge on any atom is -0.311 e. The summed E-state index contributed by atoms with van der Waals surface area (Å²) in [5.74, 6) is 0. The minimum atomic E-state index is 0.809. The summed E-state index contributed by atoms with van der Waals surface area (Å²) < 4.78 is 0. The highest BCUT2D eigenvalue weighted by Crippen LogP contribution is 2.01. The van der Waals surface area contributed by atoms with Gasteiger partial charge in [0.05, 0.1) is 17.1 Å². The van der Waals surface area contributed by atoms with Gasteiger partial charge in [0.15, 0.2) is 0 Å². The van der Waals surface area contributed by atoms with Crippen molar-refractivity contribution < 1.29 is 0 Å². The predicted octanol–water partition coefficient (Wildman–Crippen LogP) is 3.55.